The molecule has 0 aliphatic heterocycles. The molecule has 0 amide bonds. The molecule has 3 heteroatoms. The van der Waals surface area contributed by atoms with Gasteiger partial charge in [-0.1, -0.05) is 6.92 Å². The highest BCUT2D eigenvalue weighted by Gasteiger charge is 2.32. The van der Waals surface area contributed by atoms with Crippen LogP contribution < -0.4 is 5.32 Å². The molecule has 0 aromatic heterocycles. The first-order valence-corrected chi connectivity index (χ1v) is 6.20. The first-order chi connectivity index (χ1) is 7.15. The van der Waals surface area contributed by atoms with Gasteiger partial charge in [0.25, 0.3) is 0 Å². The SMILES string of the molecule is CCNCC1CCC1N(C)CCN(C)C. The normalized spacial score (nSPS) is 26.0. The molecule has 0 heterocycles. The van der Waals surface area contributed by atoms with Gasteiger partial charge in [-0.2, -0.15) is 0 Å². The predicted octanol–water partition coefficient (Wildman–Crippen LogP) is 0.868. The predicted molar refractivity (Wildman–Crippen MR) is 66.2 cm³/mol. The summed E-state index contributed by atoms with van der Waals surface area (Å²) in [6.45, 7) is 6.85. The molecule has 15 heavy (non-hydrogen) atoms. The molecule has 0 aromatic rings. The Bertz CT molecular complexity index is 170. The minimum atomic E-state index is 0.823. The number of nitrogens with zero attached hydrogens (tertiary/aromatic N) is 2. The van der Waals surface area contributed by atoms with E-state index in [1.807, 2.05) is 0 Å². The quantitative estimate of drug-likeness (QED) is 0.677. The summed E-state index contributed by atoms with van der Waals surface area (Å²) in [6.07, 6.45) is 2.80. The van der Waals surface area contributed by atoms with Crippen molar-refractivity contribution in [2.75, 3.05) is 47.3 Å². The van der Waals surface area contributed by atoms with E-state index >= 15 is 0 Å². The van der Waals surface area contributed by atoms with Gasteiger partial charge in [0.15, 0.2) is 0 Å². The lowest BCUT2D eigenvalue weighted by molar-refractivity contribution is 0.0789. The Morgan fingerprint density at radius 2 is 1.87 bits per heavy atom. The van der Waals surface area contributed by atoms with Gasteiger partial charge in [0.05, 0.1) is 0 Å². The Balaban J connectivity index is 2.18. The van der Waals surface area contributed by atoms with Crippen molar-refractivity contribution in [2.45, 2.75) is 25.8 Å². The third-order valence-corrected chi connectivity index (χ3v) is 3.50. The average Bonchev–Trinajstić information content (AvgIpc) is 2.13. The van der Waals surface area contributed by atoms with Gasteiger partial charge in [-0.3, -0.25) is 0 Å². The maximum Gasteiger partial charge on any atom is 0.0133 e. The van der Waals surface area contributed by atoms with Crippen LogP contribution in [0.4, 0.5) is 0 Å². The van der Waals surface area contributed by atoms with Gasteiger partial charge in [-0.25, -0.2) is 0 Å². The minimum absolute atomic E-state index is 0.823. The molecule has 2 atom stereocenters. The van der Waals surface area contributed by atoms with Crippen LogP contribution in [0.5, 0.6) is 0 Å². The fourth-order valence-corrected chi connectivity index (χ4v) is 2.22. The lowest BCUT2D eigenvalue weighted by atomic mass is 9.78. The Morgan fingerprint density at radius 3 is 2.33 bits per heavy atom. The van der Waals surface area contributed by atoms with Crippen LogP contribution in [0.3, 0.4) is 0 Å². The third-order valence-electron chi connectivity index (χ3n) is 3.50. The zero-order valence-electron chi connectivity index (χ0n) is 10.8. The zero-order chi connectivity index (χ0) is 11.3. The number of rotatable bonds is 7. The Kier molecular flexibility index (Phi) is 5.58. The lowest BCUT2D eigenvalue weighted by Gasteiger charge is -2.43. The topological polar surface area (TPSA) is 18.5 Å². The summed E-state index contributed by atoms with van der Waals surface area (Å²) in [7, 11) is 6.56. The van der Waals surface area contributed by atoms with Gasteiger partial charge in [-0.05, 0) is 53.0 Å². The molecule has 1 aliphatic rings. The number of likely N-dealkylation sites (N-methyl/N-ethyl adjacent to an activating group) is 2. The van der Waals surface area contributed by atoms with E-state index in [2.05, 4.69) is 43.2 Å². The molecular weight excluding hydrogens is 186 g/mol. The highest BCUT2D eigenvalue weighted by Crippen LogP contribution is 2.30. The van der Waals surface area contributed by atoms with Gasteiger partial charge >= 0.3 is 0 Å². The standard InChI is InChI=1S/C12H27N3/c1-5-13-10-11-6-7-12(11)15(4)9-8-14(2)3/h11-13H,5-10H2,1-4H3. The van der Waals surface area contributed by atoms with E-state index in [0.29, 0.717) is 0 Å². The first kappa shape index (κ1) is 12.9. The molecule has 0 radical (unpaired) electrons. The van der Waals surface area contributed by atoms with Gasteiger partial charge < -0.3 is 15.1 Å². The van der Waals surface area contributed by atoms with Crippen LogP contribution in [0.25, 0.3) is 0 Å². The summed E-state index contributed by atoms with van der Waals surface area (Å²) in [5.74, 6) is 0.886. The maximum absolute atomic E-state index is 3.46. The molecule has 1 aliphatic carbocycles. The smallest absolute Gasteiger partial charge is 0.0133 e. The second kappa shape index (κ2) is 6.46. The van der Waals surface area contributed by atoms with Crippen molar-refractivity contribution in [2.24, 2.45) is 5.92 Å². The van der Waals surface area contributed by atoms with Crippen molar-refractivity contribution >= 4 is 0 Å². The first-order valence-electron chi connectivity index (χ1n) is 6.20. The van der Waals surface area contributed by atoms with E-state index < -0.39 is 0 Å². The van der Waals surface area contributed by atoms with Gasteiger partial charge in [0, 0.05) is 19.1 Å². The van der Waals surface area contributed by atoms with Crippen LogP contribution in [-0.2, 0) is 0 Å². The highest BCUT2D eigenvalue weighted by molar-refractivity contribution is 4.88. The molecule has 0 aromatic carbocycles. The van der Waals surface area contributed by atoms with Crippen LogP contribution in [-0.4, -0.2) is 63.2 Å². The van der Waals surface area contributed by atoms with Crippen molar-refractivity contribution in [3.05, 3.63) is 0 Å². The van der Waals surface area contributed by atoms with E-state index in [1.54, 1.807) is 0 Å². The molecule has 2 unspecified atom stereocenters. The molecular formula is C12H27N3. The van der Waals surface area contributed by atoms with Crippen molar-refractivity contribution in [3.8, 4) is 0 Å². The number of hydrogen-bond donors (Lipinski definition) is 1. The van der Waals surface area contributed by atoms with E-state index in [1.165, 1.54) is 32.5 Å². The van der Waals surface area contributed by atoms with Crippen LogP contribution in [0.1, 0.15) is 19.8 Å². The van der Waals surface area contributed by atoms with Crippen LogP contribution in [0.2, 0.25) is 0 Å². The molecule has 1 rings (SSSR count). The van der Waals surface area contributed by atoms with Crippen molar-refractivity contribution < 1.29 is 0 Å². The monoisotopic (exact) mass is 213 g/mol. The van der Waals surface area contributed by atoms with E-state index in [9.17, 15) is 0 Å². The second-order valence-electron chi connectivity index (χ2n) is 5.00. The summed E-state index contributed by atoms with van der Waals surface area (Å²) in [4.78, 5) is 4.79. The van der Waals surface area contributed by atoms with Crippen LogP contribution >= 0.6 is 0 Å². The summed E-state index contributed by atoms with van der Waals surface area (Å²) >= 11 is 0. The summed E-state index contributed by atoms with van der Waals surface area (Å²) in [5, 5.41) is 3.46. The molecule has 0 spiro atoms. The largest absolute Gasteiger partial charge is 0.317 e. The number of hydrogen-bond acceptors (Lipinski definition) is 3. The van der Waals surface area contributed by atoms with Crippen LogP contribution in [0, 0.1) is 5.92 Å². The second-order valence-corrected chi connectivity index (χ2v) is 5.00. The van der Waals surface area contributed by atoms with Crippen molar-refractivity contribution in [3.63, 3.8) is 0 Å². The van der Waals surface area contributed by atoms with Crippen LogP contribution in [0.15, 0.2) is 0 Å². The molecule has 0 bridgehead atoms. The highest BCUT2D eigenvalue weighted by atomic mass is 15.2. The maximum atomic E-state index is 3.46. The molecule has 1 N–H and O–H groups in total. The molecule has 1 fully saturated rings. The molecule has 0 saturated heterocycles. The van der Waals surface area contributed by atoms with E-state index in [4.69, 9.17) is 0 Å². The Labute approximate surface area is 94.8 Å². The Morgan fingerprint density at radius 1 is 1.13 bits per heavy atom. The molecule has 90 valence electrons. The van der Waals surface area contributed by atoms with Gasteiger partial charge in [-0.15, -0.1) is 0 Å². The minimum Gasteiger partial charge on any atom is -0.317 e. The summed E-state index contributed by atoms with van der Waals surface area (Å²) in [5.41, 5.74) is 0. The van der Waals surface area contributed by atoms with E-state index in [-0.39, 0.29) is 0 Å². The van der Waals surface area contributed by atoms with Crippen molar-refractivity contribution in [1.29, 1.82) is 0 Å². The fraction of sp³-hybridized carbons (Fsp3) is 1.00. The fourth-order valence-electron chi connectivity index (χ4n) is 2.22. The zero-order valence-corrected chi connectivity index (χ0v) is 10.8. The Hall–Kier alpha value is -0.120. The third kappa shape index (κ3) is 4.09. The van der Waals surface area contributed by atoms with Crippen molar-refractivity contribution in [1.82, 2.24) is 15.1 Å². The van der Waals surface area contributed by atoms with Gasteiger partial charge in [0.2, 0.25) is 0 Å². The van der Waals surface area contributed by atoms with E-state index in [0.717, 1.165) is 18.5 Å². The average molecular weight is 213 g/mol. The summed E-state index contributed by atoms with van der Waals surface area (Å²) < 4.78 is 0. The van der Waals surface area contributed by atoms with Gasteiger partial charge in [0.1, 0.15) is 0 Å². The molecule has 1 saturated carbocycles. The summed E-state index contributed by atoms with van der Waals surface area (Å²) in [6, 6.07) is 0.823. The number of nitrogens with one attached hydrogen (secondary N) is 1. The lowest BCUT2D eigenvalue weighted by Crippen LogP contribution is -2.50. The molecule has 3 nitrogen and oxygen atoms in total.